The SMILES string of the molecule is CCOC(C)OC(=O)C(C)C(C)C(=O)OC12CC3CC(C1)CC(C(=O)OC(C)OCC)(C3)C2. The molecule has 4 rings (SSSR count). The molecule has 8 heteroatoms. The summed E-state index contributed by atoms with van der Waals surface area (Å²) in [5.41, 5.74) is -1.30. The van der Waals surface area contributed by atoms with Gasteiger partial charge >= 0.3 is 17.9 Å². The fourth-order valence-electron chi connectivity index (χ4n) is 6.34. The molecule has 188 valence electrons. The van der Waals surface area contributed by atoms with Gasteiger partial charge in [0.1, 0.15) is 5.60 Å². The quantitative estimate of drug-likeness (QED) is 0.255. The maximum atomic E-state index is 13.2. The third kappa shape index (κ3) is 5.70. The minimum Gasteiger partial charge on any atom is -0.459 e. The second kappa shape index (κ2) is 10.3. The molecule has 0 radical (unpaired) electrons. The van der Waals surface area contributed by atoms with Crippen LogP contribution in [-0.4, -0.2) is 49.3 Å². The molecule has 33 heavy (non-hydrogen) atoms. The third-order valence-electron chi connectivity index (χ3n) is 7.61. The van der Waals surface area contributed by atoms with Crippen LogP contribution in [-0.2, 0) is 38.1 Å². The Hall–Kier alpha value is -1.67. The zero-order chi connectivity index (χ0) is 24.4. The average Bonchev–Trinajstić information content (AvgIpc) is 2.71. The maximum Gasteiger partial charge on any atom is 0.314 e. The van der Waals surface area contributed by atoms with Crippen LogP contribution in [0.4, 0.5) is 0 Å². The van der Waals surface area contributed by atoms with Crippen molar-refractivity contribution in [2.75, 3.05) is 13.2 Å². The zero-order valence-corrected chi connectivity index (χ0v) is 20.9. The number of carbonyl (C=O) groups is 3. The highest BCUT2D eigenvalue weighted by Gasteiger charge is 2.63. The standard InChI is InChI=1S/C25H40O8/c1-7-29-17(5)31-21(26)15(3)16(4)22(27)33-25-12-19-9-20(13-25)11-24(10-19,14-25)23(28)32-18(6)30-8-2/h15-20H,7-14H2,1-6H3. The van der Waals surface area contributed by atoms with Crippen LogP contribution in [0.2, 0.25) is 0 Å². The van der Waals surface area contributed by atoms with Gasteiger partial charge in [-0.2, -0.15) is 0 Å². The number of hydrogen-bond donors (Lipinski definition) is 0. The molecule has 0 aromatic carbocycles. The predicted octanol–water partition coefficient (Wildman–Crippen LogP) is 3.99. The van der Waals surface area contributed by atoms with E-state index in [-0.39, 0.29) is 5.97 Å². The summed E-state index contributed by atoms with van der Waals surface area (Å²) in [4.78, 5) is 38.8. The van der Waals surface area contributed by atoms with Crippen LogP contribution < -0.4 is 0 Å². The summed E-state index contributed by atoms with van der Waals surface area (Å²) in [6, 6.07) is 0. The highest BCUT2D eigenvalue weighted by molar-refractivity contribution is 5.82. The van der Waals surface area contributed by atoms with Gasteiger partial charge in [0, 0.05) is 19.6 Å². The number of rotatable bonds is 11. The topological polar surface area (TPSA) is 97.4 Å². The lowest BCUT2D eigenvalue weighted by Gasteiger charge is -2.60. The molecule has 4 fully saturated rings. The Morgan fingerprint density at radius 3 is 1.85 bits per heavy atom. The Labute approximate surface area is 197 Å². The van der Waals surface area contributed by atoms with E-state index in [0.717, 1.165) is 32.1 Å². The Morgan fingerprint density at radius 2 is 1.30 bits per heavy atom. The second-order valence-corrected chi connectivity index (χ2v) is 10.3. The molecule has 0 saturated heterocycles. The van der Waals surface area contributed by atoms with E-state index in [1.54, 1.807) is 27.7 Å². The molecule has 8 nitrogen and oxygen atoms in total. The first-order valence-electron chi connectivity index (χ1n) is 12.4. The lowest BCUT2D eigenvalue weighted by molar-refractivity contribution is -0.226. The summed E-state index contributed by atoms with van der Waals surface area (Å²) >= 11 is 0. The molecule has 4 aliphatic rings. The fourth-order valence-corrected chi connectivity index (χ4v) is 6.34. The van der Waals surface area contributed by atoms with Crippen LogP contribution in [0.25, 0.3) is 0 Å². The Balaban J connectivity index is 1.67. The van der Waals surface area contributed by atoms with Crippen LogP contribution in [0.1, 0.15) is 80.1 Å². The van der Waals surface area contributed by atoms with E-state index < -0.39 is 47.4 Å². The smallest absolute Gasteiger partial charge is 0.314 e. The number of hydrogen-bond acceptors (Lipinski definition) is 8. The van der Waals surface area contributed by atoms with E-state index in [4.69, 9.17) is 23.7 Å². The molecular formula is C25H40O8. The minimum atomic E-state index is -0.675. The van der Waals surface area contributed by atoms with Gasteiger partial charge < -0.3 is 23.7 Å². The first-order valence-corrected chi connectivity index (χ1v) is 12.4. The first-order chi connectivity index (χ1) is 15.5. The van der Waals surface area contributed by atoms with Crippen molar-refractivity contribution in [3.63, 3.8) is 0 Å². The molecule has 0 aromatic heterocycles. The number of carbonyl (C=O) groups excluding carboxylic acids is 3. The molecule has 0 aliphatic heterocycles. The first kappa shape index (κ1) is 25.9. The van der Waals surface area contributed by atoms with Crippen LogP contribution in [0.3, 0.4) is 0 Å². The Bertz CT molecular complexity index is 720. The number of esters is 3. The predicted molar refractivity (Wildman–Crippen MR) is 119 cm³/mol. The molecule has 0 aromatic rings. The van der Waals surface area contributed by atoms with Gasteiger partial charge in [-0.1, -0.05) is 13.8 Å². The minimum absolute atomic E-state index is 0.243. The van der Waals surface area contributed by atoms with Gasteiger partial charge in [0.2, 0.25) is 0 Å². The van der Waals surface area contributed by atoms with E-state index >= 15 is 0 Å². The maximum absolute atomic E-state index is 13.2. The highest BCUT2D eigenvalue weighted by Crippen LogP contribution is 2.63. The van der Waals surface area contributed by atoms with Crippen molar-refractivity contribution in [3.05, 3.63) is 0 Å². The summed E-state index contributed by atoms with van der Waals surface area (Å²) in [5, 5.41) is 0. The van der Waals surface area contributed by atoms with Crippen molar-refractivity contribution >= 4 is 17.9 Å². The summed E-state index contributed by atoms with van der Waals surface area (Å²) in [6.45, 7) is 11.3. The number of ether oxygens (including phenoxy) is 5. The normalized spacial score (nSPS) is 33.6. The van der Waals surface area contributed by atoms with Gasteiger partial charge in [-0.25, -0.2) is 0 Å². The highest BCUT2D eigenvalue weighted by atomic mass is 16.7. The van der Waals surface area contributed by atoms with Crippen molar-refractivity contribution in [1.29, 1.82) is 0 Å². The van der Waals surface area contributed by atoms with Crippen LogP contribution >= 0.6 is 0 Å². The van der Waals surface area contributed by atoms with Crippen molar-refractivity contribution in [3.8, 4) is 0 Å². The Kier molecular flexibility index (Phi) is 8.10. The molecule has 6 unspecified atom stereocenters. The van der Waals surface area contributed by atoms with E-state index in [0.29, 0.717) is 31.5 Å². The van der Waals surface area contributed by atoms with E-state index in [9.17, 15) is 14.4 Å². The van der Waals surface area contributed by atoms with Gasteiger partial charge in [-0.3, -0.25) is 14.4 Å². The largest absolute Gasteiger partial charge is 0.459 e. The van der Waals surface area contributed by atoms with Crippen molar-refractivity contribution < 1.29 is 38.1 Å². The molecule has 0 amide bonds. The van der Waals surface area contributed by atoms with Gasteiger partial charge in [0.15, 0.2) is 12.6 Å². The lowest BCUT2D eigenvalue weighted by atomic mass is 9.48. The van der Waals surface area contributed by atoms with Gasteiger partial charge in [-0.15, -0.1) is 0 Å². The molecule has 4 saturated carbocycles. The van der Waals surface area contributed by atoms with Crippen LogP contribution in [0.15, 0.2) is 0 Å². The van der Waals surface area contributed by atoms with E-state index in [1.807, 2.05) is 13.8 Å². The van der Waals surface area contributed by atoms with Gasteiger partial charge in [0.05, 0.1) is 17.3 Å². The average molecular weight is 469 g/mol. The molecule has 4 aliphatic carbocycles. The summed E-state index contributed by atoms with van der Waals surface area (Å²) < 4.78 is 27.7. The van der Waals surface area contributed by atoms with E-state index in [2.05, 4.69) is 0 Å². The van der Waals surface area contributed by atoms with Gasteiger partial charge in [-0.05, 0) is 71.6 Å². The molecule has 6 atom stereocenters. The monoisotopic (exact) mass is 468 g/mol. The second-order valence-electron chi connectivity index (χ2n) is 10.3. The van der Waals surface area contributed by atoms with Crippen molar-refractivity contribution in [2.24, 2.45) is 29.1 Å². The Morgan fingerprint density at radius 1 is 0.788 bits per heavy atom. The summed E-state index contributed by atoms with van der Waals surface area (Å²) in [6.07, 6.45) is 3.34. The molecular weight excluding hydrogens is 428 g/mol. The zero-order valence-electron chi connectivity index (χ0n) is 20.9. The third-order valence-corrected chi connectivity index (χ3v) is 7.61. The van der Waals surface area contributed by atoms with Gasteiger partial charge in [0.25, 0.3) is 0 Å². The lowest BCUT2D eigenvalue weighted by Crippen LogP contribution is -2.60. The van der Waals surface area contributed by atoms with Crippen molar-refractivity contribution in [1.82, 2.24) is 0 Å². The summed E-state index contributed by atoms with van der Waals surface area (Å²) in [7, 11) is 0. The van der Waals surface area contributed by atoms with E-state index in [1.165, 1.54) is 0 Å². The molecule has 0 N–H and O–H groups in total. The van der Waals surface area contributed by atoms with Crippen molar-refractivity contribution in [2.45, 2.75) is 98.2 Å². The molecule has 0 heterocycles. The fraction of sp³-hybridized carbons (Fsp3) is 0.880. The molecule has 0 spiro atoms. The summed E-state index contributed by atoms with van der Waals surface area (Å²) in [5.74, 6) is -1.82. The molecule has 4 bridgehead atoms. The van der Waals surface area contributed by atoms with Crippen LogP contribution in [0, 0.1) is 29.1 Å². The van der Waals surface area contributed by atoms with Crippen LogP contribution in [0.5, 0.6) is 0 Å².